The van der Waals surface area contributed by atoms with Gasteiger partial charge in [0.05, 0.1) is 18.9 Å². The van der Waals surface area contributed by atoms with Crippen LogP contribution in [0.3, 0.4) is 0 Å². The van der Waals surface area contributed by atoms with Crippen molar-refractivity contribution in [3.8, 4) is 11.1 Å². The normalized spacial score (nSPS) is 13.6. The summed E-state index contributed by atoms with van der Waals surface area (Å²) < 4.78 is 60.7. The third kappa shape index (κ3) is 5.72. The molecule has 2 aromatic rings. The zero-order valence-electron chi connectivity index (χ0n) is 16.1. The molecule has 156 valence electrons. The molecule has 0 saturated carbocycles. The standard InChI is InChI=1S/C20H19ClF3NO2S2/c1-19(2,3)29(26)25-11-12-9-13(20(22,23)24)10-16(21)17(12)14-7-5-6-8-15(14)18(28)27-4/h5-11H,1-4H3. The average molecular weight is 462 g/mol. The lowest BCUT2D eigenvalue weighted by Crippen LogP contribution is -2.25. The molecule has 0 amide bonds. The molecule has 0 N–H and O–H groups in total. The summed E-state index contributed by atoms with van der Waals surface area (Å²) in [5.74, 6) is 0. The third-order valence-corrected chi connectivity index (χ3v) is 5.89. The van der Waals surface area contributed by atoms with E-state index in [9.17, 15) is 17.7 Å². The van der Waals surface area contributed by atoms with Gasteiger partial charge in [0.15, 0.2) is 5.05 Å². The number of rotatable bonds is 4. The van der Waals surface area contributed by atoms with Crippen LogP contribution in [0, 0.1) is 0 Å². The highest BCUT2D eigenvalue weighted by Gasteiger charge is 2.33. The van der Waals surface area contributed by atoms with E-state index in [1.807, 2.05) is 0 Å². The second kappa shape index (κ2) is 9.04. The van der Waals surface area contributed by atoms with Gasteiger partial charge in [0.1, 0.15) is 16.1 Å². The van der Waals surface area contributed by atoms with Crippen molar-refractivity contribution in [3.63, 3.8) is 0 Å². The first-order valence-electron chi connectivity index (χ1n) is 8.40. The lowest BCUT2D eigenvalue weighted by molar-refractivity contribution is -0.137. The Labute approximate surface area is 181 Å². The van der Waals surface area contributed by atoms with Crippen molar-refractivity contribution < 1.29 is 22.5 Å². The fraction of sp³-hybridized carbons (Fsp3) is 0.300. The maximum atomic E-state index is 13.3. The topological polar surface area (TPSA) is 44.6 Å². The monoisotopic (exact) mass is 461 g/mol. The molecule has 0 saturated heterocycles. The van der Waals surface area contributed by atoms with E-state index in [-0.39, 0.29) is 15.6 Å². The van der Waals surface area contributed by atoms with Crippen LogP contribution in [-0.4, -0.2) is 27.7 Å². The molecule has 0 spiro atoms. The Hall–Kier alpha value is -1.61. The van der Waals surface area contributed by atoms with E-state index in [0.29, 0.717) is 16.7 Å². The number of hydrogen-bond acceptors (Lipinski definition) is 4. The van der Waals surface area contributed by atoms with Gasteiger partial charge in [-0.1, -0.05) is 34.2 Å². The van der Waals surface area contributed by atoms with Crippen molar-refractivity contribution >= 4 is 46.4 Å². The van der Waals surface area contributed by atoms with Crippen LogP contribution in [-0.2, 0) is 22.3 Å². The lowest BCUT2D eigenvalue weighted by Gasteiger charge is -2.19. The Kier molecular flexibility index (Phi) is 7.37. The summed E-state index contributed by atoms with van der Waals surface area (Å²) >= 11 is 9.83. The van der Waals surface area contributed by atoms with Crippen LogP contribution in [0.15, 0.2) is 40.8 Å². The van der Waals surface area contributed by atoms with E-state index in [1.54, 1.807) is 45.0 Å². The number of thiocarbonyl (C=S) groups is 1. The molecule has 0 fully saturated rings. The number of hydrogen-bond donors (Lipinski definition) is 0. The van der Waals surface area contributed by atoms with E-state index in [0.717, 1.165) is 18.3 Å². The second-order valence-electron chi connectivity index (χ2n) is 7.05. The van der Waals surface area contributed by atoms with Gasteiger partial charge in [-0.05, 0) is 56.8 Å². The minimum atomic E-state index is -4.60. The Morgan fingerprint density at radius 3 is 2.38 bits per heavy atom. The molecule has 2 rings (SSSR count). The maximum absolute atomic E-state index is 13.3. The van der Waals surface area contributed by atoms with E-state index < -0.39 is 27.8 Å². The minimum absolute atomic E-state index is 0.0776. The third-order valence-electron chi connectivity index (χ3n) is 3.86. The summed E-state index contributed by atoms with van der Waals surface area (Å²) in [7, 11) is 1.41. The first kappa shape index (κ1) is 23.7. The molecule has 1 unspecified atom stereocenters. The summed E-state index contributed by atoms with van der Waals surface area (Å²) in [4.78, 5) is 0. The van der Waals surface area contributed by atoms with Gasteiger partial charge >= 0.3 is 6.18 Å². The molecule has 0 radical (unpaired) electrons. The highest BCUT2D eigenvalue weighted by atomic mass is 35.5. The number of nitrogens with zero attached hydrogens (tertiary/aromatic N) is 1. The number of benzene rings is 2. The summed E-state index contributed by atoms with van der Waals surface area (Å²) in [6.45, 7) is 5.15. The first-order chi connectivity index (χ1) is 13.4. The Morgan fingerprint density at radius 2 is 1.83 bits per heavy atom. The lowest BCUT2D eigenvalue weighted by atomic mass is 9.94. The molecule has 2 aromatic carbocycles. The van der Waals surface area contributed by atoms with Crippen LogP contribution in [0.1, 0.15) is 37.5 Å². The van der Waals surface area contributed by atoms with Crippen LogP contribution in [0.2, 0.25) is 5.02 Å². The summed E-state index contributed by atoms with van der Waals surface area (Å²) in [6, 6.07) is 8.57. The molecule has 1 atom stereocenters. The van der Waals surface area contributed by atoms with Gasteiger partial charge in [0, 0.05) is 21.7 Å². The van der Waals surface area contributed by atoms with Gasteiger partial charge in [-0.2, -0.15) is 13.2 Å². The zero-order chi connectivity index (χ0) is 22.0. The van der Waals surface area contributed by atoms with E-state index in [4.69, 9.17) is 28.6 Å². The van der Waals surface area contributed by atoms with Crippen LogP contribution >= 0.6 is 23.8 Å². The van der Waals surface area contributed by atoms with Crippen LogP contribution in [0.4, 0.5) is 13.2 Å². The molecule has 0 heterocycles. The van der Waals surface area contributed by atoms with Crippen molar-refractivity contribution in [2.75, 3.05) is 7.11 Å². The summed E-state index contributed by atoms with van der Waals surface area (Å²) in [5, 5.41) is 0.0342. The van der Waals surface area contributed by atoms with Crippen LogP contribution < -0.4 is 0 Å². The van der Waals surface area contributed by atoms with Gasteiger partial charge in [-0.3, -0.25) is 0 Å². The summed E-state index contributed by atoms with van der Waals surface area (Å²) in [5.41, 5.74) is 0.429. The fourth-order valence-electron chi connectivity index (χ4n) is 2.43. The molecular formula is C20H19ClF3NO2S2. The predicted molar refractivity (Wildman–Crippen MR) is 116 cm³/mol. The van der Waals surface area contributed by atoms with Gasteiger partial charge in [0.25, 0.3) is 0 Å². The largest absolute Gasteiger partial charge is 0.591 e. The highest BCUT2D eigenvalue weighted by Crippen LogP contribution is 2.39. The number of methoxy groups -OCH3 is 1. The maximum Gasteiger partial charge on any atom is 0.416 e. The zero-order valence-corrected chi connectivity index (χ0v) is 18.5. The predicted octanol–water partition coefficient (Wildman–Crippen LogP) is 6.23. The van der Waals surface area contributed by atoms with Crippen molar-refractivity contribution in [3.05, 3.63) is 58.1 Å². The minimum Gasteiger partial charge on any atom is -0.591 e. The molecule has 0 aliphatic carbocycles. The molecule has 0 aliphatic heterocycles. The molecule has 29 heavy (non-hydrogen) atoms. The molecule has 9 heteroatoms. The highest BCUT2D eigenvalue weighted by molar-refractivity contribution is 7.91. The molecular weight excluding hydrogens is 443 g/mol. The number of halogens is 4. The van der Waals surface area contributed by atoms with E-state index in [2.05, 4.69) is 4.40 Å². The van der Waals surface area contributed by atoms with Crippen molar-refractivity contribution in [2.45, 2.75) is 31.7 Å². The van der Waals surface area contributed by atoms with Gasteiger partial charge in [-0.25, -0.2) is 0 Å². The van der Waals surface area contributed by atoms with Crippen molar-refractivity contribution in [2.24, 2.45) is 4.40 Å². The molecule has 0 aromatic heterocycles. The molecule has 0 aliphatic rings. The van der Waals surface area contributed by atoms with Gasteiger partial charge in [0.2, 0.25) is 0 Å². The Bertz CT molecular complexity index is 940. The smallest absolute Gasteiger partial charge is 0.416 e. The van der Waals surface area contributed by atoms with Gasteiger partial charge in [-0.15, -0.1) is 0 Å². The van der Waals surface area contributed by atoms with Gasteiger partial charge < -0.3 is 9.29 Å². The van der Waals surface area contributed by atoms with Crippen molar-refractivity contribution in [1.29, 1.82) is 0 Å². The van der Waals surface area contributed by atoms with E-state index in [1.165, 1.54) is 7.11 Å². The quantitative estimate of drug-likeness (QED) is 0.308. The van der Waals surface area contributed by atoms with E-state index >= 15 is 0 Å². The molecule has 3 nitrogen and oxygen atoms in total. The molecule has 0 bridgehead atoms. The Morgan fingerprint density at radius 1 is 1.21 bits per heavy atom. The second-order valence-corrected chi connectivity index (χ2v) is 9.77. The van der Waals surface area contributed by atoms with Crippen LogP contribution in [0.25, 0.3) is 11.1 Å². The fourth-order valence-corrected chi connectivity index (χ4v) is 3.46. The summed E-state index contributed by atoms with van der Waals surface area (Å²) in [6.07, 6.45) is -3.44. The van der Waals surface area contributed by atoms with Crippen LogP contribution in [0.5, 0.6) is 0 Å². The number of ether oxygens (including phenoxy) is 1. The average Bonchev–Trinajstić information content (AvgIpc) is 2.63. The SMILES string of the molecule is COC(=S)c1ccccc1-c1c(Cl)cc(C(F)(F)F)cc1C=N[S+]([O-])C(C)(C)C. The first-order valence-corrected chi connectivity index (χ1v) is 10.3. The van der Waals surface area contributed by atoms with Crippen molar-refractivity contribution in [1.82, 2.24) is 0 Å². The number of alkyl halides is 3. The Balaban J connectivity index is 2.76.